The molecule has 3 atom stereocenters. The van der Waals surface area contributed by atoms with E-state index in [1.807, 2.05) is 70.2 Å². The maximum absolute atomic E-state index is 14.0. The molecule has 1 saturated carbocycles. The third-order valence-electron chi connectivity index (χ3n) is 7.77. The van der Waals surface area contributed by atoms with E-state index in [9.17, 15) is 14.4 Å². The van der Waals surface area contributed by atoms with Crippen LogP contribution in [-0.2, 0) is 24.0 Å². The molecule has 1 aromatic carbocycles. The molecule has 3 amide bonds. The minimum absolute atomic E-state index is 0.115. The first-order valence-electron chi connectivity index (χ1n) is 15.3. The van der Waals surface area contributed by atoms with E-state index in [1.54, 1.807) is 0 Å². The van der Waals surface area contributed by atoms with Crippen molar-refractivity contribution < 1.29 is 24.0 Å². The van der Waals surface area contributed by atoms with Crippen molar-refractivity contribution in [2.24, 2.45) is 29.4 Å². The number of carbonyl (C=O) groups is 3. The number of benzene rings is 1. The van der Waals surface area contributed by atoms with E-state index in [0.29, 0.717) is 45.3 Å². The van der Waals surface area contributed by atoms with Crippen LogP contribution in [0, 0.1) is 23.7 Å². The molecule has 1 aromatic rings. The molecule has 0 aromatic heterocycles. The van der Waals surface area contributed by atoms with Crippen LogP contribution < -0.4 is 16.6 Å². The van der Waals surface area contributed by atoms with E-state index in [2.05, 4.69) is 10.9 Å². The molecule has 228 valence electrons. The van der Waals surface area contributed by atoms with Gasteiger partial charge in [-0.05, 0) is 55.9 Å². The lowest BCUT2D eigenvalue weighted by Crippen LogP contribution is -2.60. The third-order valence-corrected chi connectivity index (χ3v) is 7.77. The van der Waals surface area contributed by atoms with E-state index in [1.165, 1.54) is 5.01 Å². The summed E-state index contributed by atoms with van der Waals surface area (Å²) in [6.07, 6.45) is 9.74. The number of carbonyl (C=O) groups excluding carboxylic acids is 3. The standard InChI is InChI=1S/C32H50N4O5/c1-23(2)21-27(29(37)34-36(22-24(3)4)31(39)32(33)18-9-10-19-32)26(16-12-15-25-13-6-5-7-14-25)30(38)35-41-28-17-8-11-20-40-28/h5-7,12-15,23-24,26-28H,8-11,16-22,33H2,1-4H3,(H,34,37)(H,35,38)/b15-12+/t26-,27+,28?/m0/s1. The zero-order valence-electron chi connectivity index (χ0n) is 25.3. The predicted octanol–water partition coefficient (Wildman–Crippen LogP) is 4.73. The maximum atomic E-state index is 14.0. The summed E-state index contributed by atoms with van der Waals surface area (Å²) in [5, 5.41) is 1.40. The largest absolute Gasteiger partial charge is 0.350 e. The van der Waals surface area contributed by atoms with Crippen LogP contribution in [0.25, 0.3) is 6.08 Å². The molecule has 2 aliphatic rings. The van der Waals surface area contributed by atoms with E-state index >= 15 is 0 Å². The Kier molecular flexibility index (Phi) is 12.8. The molecule has 2 fully saturated rings. The molecular formula is C32H50N4O5. The van der Waals surface area contributed by atoms with Gasteiger partial charge < -0.3 is 10.5 Å². The molecule has 4 N–H and O–H groups in total. The molecule has 1 saturated heterocycles. The minimum atomic E-state index is -0.973. The number of hydrogen-bond donors (Lipinski definition) is 3. The highest BCUT2D eigenvalue weighted by atomic mass is 16.8. The van der Waals surface area contributed by atoms with Gasteiger partial charge in [0.25, 0.3) is 5.91 Å². The van der Waals surface area contributed by atoms with Gasteiger partial charge in [0.15, 0.2) is 6.29 Å². The molecule has 1 unspecified atom stereocenters. The van der Waals surface area contributed by atoms with Gasteiger partial charge in [0.05, 0.1) is 17.4 Å². The SMILES string of the molecule is CC(C)C[C@@H](C(=O)NN(CC(C)C)C(=O)C1(N)CCCC1)[C@H](C/C=C/c1ccccc1)C(=O)NOC1CCCCO1. The summed E-state index contributed by atoms with van der Waals surface area (Å²) in [6, 6.07) is 9.81. The maximum Gasteiger partial charge on any atom is 0.261 e. The van der Waals surface area contributed by atoms with Crippen molar-refractivity contribution in [3.63, 3.8) is 0 Å². The number of nitrogens with two attached hydrogens (primary N) is 1. The number of ether oxygens (including phenoxy) is 1. The Balaban J connectivity index is 1.83. The number of hydroxylamine groups is 1. The van der Waals surface area contributed by atoms with Crippen LogP contribution in [0.15, 0.2) is 36.4 Å². The summed E-state index contributed by atoms with van der Waals surface area (Å²) < 4.78 is 5.61. The van der Waals surface area contributed by atoms with Gasteiger partial charge in [-0.25, -0.2) is 10.3 Å². The van der Waals surface area contributed by atoms with Crippen molar-refractivity contribution in [1.82, 2.24) is 15.9 Å². The number of rotatable bonds is 13. The smallest absolute Gasteiger partial charge is 0.261 e. The van der Waals surface area contributed by atoms with Gasteiger partial charge >= 0.3 is 0 Å². The number of nitrogens with zero attached hydrogens (tertiary/aromatic N) is 1. The van der Waals surface area contributed by atoms with Gasteiger partial charge in [-0.1, -0.05) is 83.0 Å². The van der Waals surface area contributed by atoms with E-state index in [4.69, 9.17) is 15.3 Å². The van der Waals surface area contributed by atoms with Crippen molar-refractivity contribution in [2.45, 2.75) is 97.3 Å². The van der Waals surface area contributed by atoms with Crippen molar-refractivity contribution in [3.05, 3.63) is 42.0 Å². The second-order valence-corrected chi connectivity index (χ2v) is 12.4. The second kappa shape index (κ2) is 16.0. The Bertz CT molecular complexity index is 1000. The Hall–Kier alpha value is -2.75. The first kappa shape index (κ1) is 32.8. The molecule has 1 heterocycles. The molecule has 0 spiro atoms. The van der Waals surface area contributed by atoms with Gasteiger partial charge in [-0.15, -0.1) is 0 Å². The summed E-state index contributed by atoms with van der Waals surface area (Å²) in [5.41, 5.74) is 12.0. The number of amides is 3. The fourth-order valence-electron chi connectivity index (χ4n) is 5.58. The van der Waals surface area contributed by atoms with Gasteiger partial charge in [-0.2, -0.15) is 0 Å². The monoisotopic (exact) mass is 570 g/mol. The Morgan fingerprint density at radius 2 is 1.73 bits per heavy atom. The van der Waals surface area contributed by atoms with E-state index < -0.39 is 23.7 Å². The summed E-state index contributed by atoms with van der Waals surface area (Å²) in [6.45, 7) is 8.95. The molecule has 9 nitrogen and oxygen atoms in total. The van der Waals surface area contributed by atoms with E-state index in [-0.39, 0.29) is 29.6 Å². The van der Waals surface area contributed by atoms with Crippen LogP contribution in [0.5, 0.6) is 0 Å². The summed E-state index contributed by atoms with van der Waals surface area (Å²) in [7, 11) is 0. The lowest BCUT2D eigenvalue weighted by molar-refractivity contribution is -0.203. The average molecular weight is 571 g/mol. The van der Waals surface area contributed by atoms with Crippen LogP contribution in [0.1, 0.15) is 91.0 Å². The zero-order chi connectivity index (χ0) is 29.8. The molecule has 0 bridgehead atoms. The average Bonchev–Trinajstić information content (AvgIpc) is 3.40. The number of hydrogen-bond acceptors (Lipinski definition) is 6. The Morgan fingerprint density at radius 3 is 2.34 bits per heavy atom. The summed E-state index contributed by atoms with van der Waals surface area (Å²) >= 11 is 0. The van der Waals surface area contributed by atoms with Crippen molar-refractivity contribution in [3.8, 4) is 0 Å². The van der Waals surface area contributed by atoms with Crippen molar-refractivity contribution >= 4 is 23.8 Å². The van der Waals surface area contributed by atoms with Crippen LogP contribution in [0.4, 0.5) is 0 Å². The van der Waals surface area contributed by atoms with Crippen LogP contribution in [-0.4, -0.2) is 47.7 Å². The van der Waals surface area contributed by atoms with Crippen molar-refractivity contribution in [1.29, 1.82) is 0 Å². The van der Waals surface area contributed by atoms with Crippen molar-refractivity contribution in [2.75, 3.05) is 13.2 Å². The first-order chi connectivity index (χ1) is 19.6. The number of hydrazine groups is 1. The van der Waals surface area contributed by atoms with Gasteiger partial charge in [-0.3, -0.25) is 24.8 Å². The van der Waals surface area contributed by atoms with Gasteiger partial charge in [0.1, 0.15) is 0 Å². The van der Waals surface area contributed by atoms with Crippen LogP contribution in [0.3, 0.4) is 0 Å². The van der Waals surface area contributed by atoms with Crippen LogP contribution >= 0.6 is 0 Å². The normalized spacial score (nSPS) is 20.2. The fraction of sp³-hybridized carbons (Fsp3) is 0.656. The minimum Gasteiger partial charge on any atom is -0.350 e. The molecule has 41 heavy (non-hydrogen) atoms. The van der Waals surface area contributed by atoms with Crippen LogP contribution in [0.2, 0.25) is 0 Å². The molecule has 1 aliphatic carbocycles. The quantitative estimate of drug-likeness (QED) is 0.295. The molecule has 3 rings (SSSR count). The third kappa shape index (κ3) is 10.2. The highest BCUT2D eigenvalue weighted by molar-refractivity contribution is 5.91. The van der Waals surface area contributed by atoms with E-state index in [0.717, 1.165) is 31.2 Å². The Morgan fingerprint density at radius 1 is 1.02 bits per heavy atom. The number of nitrogens with one attached hydrogen (secondary N) is 2. The highest BCUT2D eigenvalue weighted by Gasteiger charge is 2.42. The van der Waals surface area contributed by atoms with Gasteiger partial charge in [0, 0.05) is 19.6 Å². The molecule has 1 aliphatic heterocycles. The topological polar surface area (TPSA) is 123 Å². The summed E-state index contributed by atoms with van der Waals surface area (Å²) in [5.74, 6) is -2.19. The lowest BCUT2D eigenvalue weighted by Gasteiger charge is -2.35. The number of allylic oxidation sites excluding steroid dienone is 1. The summed E-state index contributed by atoms with van der Waals surface area (Å²) in [4.78, 5) is 46.7. The second-order valence-electron chi connectivity index (χ2n) is 12.4. The molecular weight excluding hydrogens is 520 g/mol. The fourth-order valence-corrected chi connectivity index (χ4v) is 5.58. The van der Waals surface area contributed by atoms with Gasteiger partial charge in [0.2, 0.25) is 11.8 Å². The molecule has 9 heteroatoms. The zero-order valence-corrected chi connectivity index (χ0v) is 25.3. The predicted molar refractivity (Wildman–Crippen MR) is 159 cm³/mol. The molecule has 0 radical (unpaired) electrons. The highest BCUT2D eigenvalue weighted by Crippen LogP contribution is 2.30. The Labute approximate surface area is 245 Å². The lowest BCUT2D eigenvalue weighted by atomic mass is 9.82. The first-order valence-corrected chi connectivity index (χ1v) is 15.3.